The van der Waals surface area contributed by atoms with Gasteiger partial charge in [-0.15, -0.1) is 0 Å². The van der Waals surface area contributed by atoms with Crippen LogP contribution in [0.15, 0.2) is 0 Å². The van der Waals surface area contributed by atoms with Gasteiger partial charge in [-0.2, -0.15) is 13.2 Å². The molecule has 0 aromatic carbocycles. The maximum Gasteiger partial charge on any atom is 0.444 e. The fraction of sp³-hybridized carbons (Fsp3) is 1.00. The zero-order chi connectivity index (χ0) is 10.1. The van der Waals surface area contributed by atoms with Crippen LogP contribution in [0.25, 0.3) is 0 Å². The van der Waals surface area contributed by atoms with Gasteiger partial charge in [0.05, 0.1) is 10.9 Å². The van der Waals surface area contributed by atoms with E-state index < -0.39 is 21.7 Å². The predicted octanol–water partition coefficient (Wildman–Crippen LogP) is 1.81. The van der Waals surface area contributed by atoms with Crippen molar-refractivity contribution in [2.45, 2.75) is 29.6 Å². The van der Waals surface area contributed by atoms with Crippen molar-refractivity contribution in [3.05, 3.63) is 0 Å². The highest BCUT2D eigenvalue weighted by Gasteiger charge is 2.86. The molecule has 2 aliphatic rings. The van der Waals surface area contributed by atoms with Crippen LogP contribution in [0.2, 0.25) is 0 Å². The molecule has 0 aromatic rings. The monoisotopic (exact) mass is 260 g/mol. The Bertz CT molecular complexity index is 265. The number of fused-ring (bicyclic) bond motifs is 1. The van der Waals surface area contributed by atoms with E-state index in [0.29, 0.717) is 0 Å². The van der Waals surface area contributed by atoms with Gasteiger partial charge in [0.25, 0.3) is 5.79 Å². The Balaban J connectivity index is 2.38. The van der Waals surface area contributed by atoms with Gasteiger partial charge in [0, 0.05) is 5.41 Å². The molecule has 0 radical (unpaired) electrons. The quantitative estimate of drug-likeness (QED) is 0.674. The molecule has 1 aliphatic heterocycles. The first-order chi connectivity index (χ1) is 5.66. The normalized spacial score (nSPS) is 54.9. The number of hydrogen-bond donors (Lipinski definition) is 1. The molecule has 6 heteroatoms. The Morgan fingerprint density at radius 3 is 2.15 bits per heavy atom. The second-order valence-corrected chi connectivity index (χ2v) is 5.32. The molecule has 1 heterocycles. The van der Waals surface area contributed by atoms with Gasteiger partial charge in [0.15, 0.2) is 0 Å². The van der Waals surface area contributed by atoms with Crippen molar-refractivity contribution in [3.63, 3.8) is 0 Å². The SMILES string of the molecule is CC12COC(O)(C(F)(F)F)C1(Br)C2. The van der Waals surface area contributed by atoms with E-state index in [2.05, 4.69) is 20.7 Å². The number of hydrogen-bond acceptors (Lipinski definition) is 2. The third-order valence-corrected chi connectivity index (χ3v) is 4.76. The topological polar surface area (TPSA) is 29.5 Å². The Labute approximate surface area is 81.2 Å². The molecule has 1 aliphatic carbocycles. The highest BCUT2D eigenvalue weighted by Crippen LogP contribution is 2.74. The van der Waals surface area contributed by atoms with Crippen LogP contribution in [-0.2, 0) is 4.74 Å². The first kappa shape index (κ1) is 9.73. The van der Waals surface area contributed by atoms with Crippen molar-refractivity contribution in [3.8, 4) is 0 Å². The Hall–Kier alpha value is 0.190. The minimum Gasteiger partial charge on any atom is -0.357 e. The van der Waals surface area contributed by atoms with Crippen molar-refractivity contribution >= 4 is 15.9 Å². The van der Waals surface area contributed by atoms with Crippen LogP contribution in [0.4, 0.5) is 13.2 Å². The van der Waals surface area contributed by atoms with Crippen molar-refractivity contribution in [1.29, 1.82) is 0 Å². The van der Waals surface area contributed by atoms with Gasteiger partial charge in [-0.05, 0) is 6.42 Å². The summed E-state index contributed by atoms with van der Waals surface area (Å²) in [6, 6.07) is 0. The lowest BCUT2D eigenvalue weighted by Gasteiger charge is -2.30. The highest BCUT2D eigenvalue weighted by molar-refractivity contribution is 9.10. The second kappa shape index (κ2) is 2.06. The van der Waals surface area contributed by atoms with E-state index in [1.165, 1.54) is 0 Å². The molecule has 3 atom stereocenters. The average Bonchev–Trinajstić information content (AvgIpc) is 2.43. The zero-order valence-corrected chi connectivity index (χ0v) is 8.37. The summed E-state index contributed by atoms with van der Waals surface area (Å²) in [7, 11) is 0. The van der Waals surface area contributed by atoms with Gasteiger partial charge < -0.3 is 9.84 Å². The van der Waals surface area contributed by atoms with Crippen LogP contribution in [0.3, 0.4) is 0 Å². The molecule has 76 valence electrons. The maximum absolute atomic E-state index is 12.4. The number of alkyl halides is 4. The van der Waals surface area contributed by atoms with E-state index in [1.807, 2.05) is 0 Å². The summed E-state index contributed by atoms with van der Waals surface area (Å²) in [5.41, 5.74) is -0.586. The summed E-state index contributed by atoms with van der Waals surface area (Å²) in [4.78, 5) is 0. The van der Waals surface area contributed by atoms with E-state index in [1.54, 1.807) is 6.92 Å². The number of aliphatic hydroxyl groups is 1. The van der Waals surface area contributed by atoms with Crippen molar-refractivity contribution in [2.24, 2.45) is 5.41 Å². The lowest BCUT2D eigenvalue weighted by molar-refractivity contribution is -0.355. The van der Waals surface area contributed by atoms with Gasteiger partial charge in [0.2, 0.25) is 0 Å². The Kier molecular flexibility index (Phi) is 1.55. The van der Waals surface area contributed by atoms with Crippen LogP contribution < -0.4 is 0 Å². The van der Waals surface area contributed by atoms with E-state index in [4.69, 9.17) is 0 Å². The van der Waals surface area contributed by atoms with E-state index >= 15 is 0 Å². The molecule has 2 nitrogen and oxygen atoms in total. The van der Waals surface area contributed by atoms with E-state index in [0.717, 1.165) is 0 Å². The maximum atomic E-state index is 12.4. The van der Waals surface area contributed by atoms with Crippen molar-refractivity contribution < 1.29 is 23.0 Å². The molecule has 2 rings (SSSR count). The minimum absolute atomic E-state index is 0.0613. The summed E-state index contributed by atoms with van der Waals surface area (Å²) in [5, 5.41) is 9.37. The number of rotatable bonds is 0. The van der Waals surface area contributed by atoms with Gasteiger partial charge in [-0.25, -0.2) is 0 Å². The summed E-state index contributed by atoms with van der Waals surface area (Å²) in [6.07, 6.45) is -4.46. The van der Waals surface area contributed by atoms with Crippen LogP contribution in [-0.4, -0.2) is 28.0 Å². The third-order valence-electron chi connectivity index (χ3n) is 2.99. The molecule has 0 bridgehead atoms. The molecule has 1 saturated heterocycles. The highest BCUT2D eigenvalue weighted by atomic mass is 79.9. The van der Waals surface area contributed by atoms with Crippen molar-refractivity contribution in [2.75, 3.05) is 6.61 Å². The molecule has 0 amide bonds. The smallest absolute Gasteiger partial charge is 0.357 e. The first-order valence-corrected chi connectivity index (χ1v) is 4.58. The molecule has 1 N–H and O–H groups in total. The average molecular weight is 261 g/mol. The largest absolute Gasteiger partial charge is 0.444 e. The summed E-state index contributed by atoms with van der Waals surface area (Å²) >= 11 is 2.94. The number of halogens is 4. The summed E-state index contributed by atoms with van der Waals surface area (Å²) in [6.45, 7) is 1.60. The van der Waals surface area contributed by atoms with Crippen molar-refractivity contribution in [1.82, 2.24) is 0 Å². The fourth-order valence-electron chi connectivity index (χ4n) is 1.87. The molecule has 2 fully saturated rings. The van der Waals surface area contributed by atoms with Crippen LogP contribution in [0.1, 0.15) is 13.3 Å². The lowest BCUT2D eigenvalue weighted by Crippen LogP contribution is -2.53. The van der Waals surface area contributed by atoms with Crippen LogP contribution in [0, 0.1) is 5.41 Å². The first-order valence-electron chi connectivity index (χ1n) is 3.78. The zero-order valence-electron chi connectivity index (χ0n) is 6.78. The van der Waals surface area contributed by atoms with Gasteiger partial charge in [0.1, 0.15) is 0 Å². The molecular weight excluding hydrogens is 253 g/mol. The van der Waals surface area contributed by atoms with Gasteiger partial charge in [-0.1, -0.05) is 22.9 Å². The standard InChI is InChI=1S/C7H8BrF3O2/c1-4-2-5(4,8)6(12,13-3-4)7(9,10)11/h12H,2-3H2,1H3. The minimum atomic E-state index is -4.75. The fourth-order valence-corrected chi connectivity index (χ4v) is 2.94. The summed E-state index contributed by atoms with van der Waals surface area (Å²) < 4.78 is 40.4. The Morgan fingerprint density at radius 2 is 2.00 bits per heavy atom. The molecular formula is C7H8BrF3O2. The third kappa shape index (κ3) is 0.868. The molecule has 1 saturated carbocycles. The van der Waals surface area contributed by atoms with Gasteiger partial charge in [-0.3, -0.25) is 0 Å². The van der Waals surface area contributed by atoms with Crippen LogP contribution in [0.5, 0.6) is 0 Å². The second-order valence-electron chi connectivity index (χ2n) is 3.97. The van der Waals surface area contributed by atoms with E-state index in [9.17, 15) is 18.3 Å². The Morgan fingerprint density at radius 1 is 1.46 bits per heavy atom. The molecule has 0 spiro atoms. The molecule has 3 unspecified atom stereocenters. The summed E-state index contributed by atoms with van der Waals surface area (Å²) in [5.74, 6) is -3.02. The van der Waals surface area contributed by atoms with E-state index in [-0.39, 0.29) is 13.0 Å². The van der Waals surface area contributed by atoms with Gasteiger partial charge >= 0.3 is 6.18 Å². The predicted molar refractivity (Wildman–Crippen MR) is 41.3 cm³/mol. The number of ether oxygens (including phenoxy) is 1. The molecule has 13 heavy (non-hydrogen) atoms. The van der Waals surface area contributed by atoms with Crippen LogP contribution >= 0.6 is 15.9 Å². The lowest BCUT2D eigenvalue weighted by atomic mass is 10.1. The molecule has 0 aromatic heterocycles.